The van der Waals surface area contributed by atoms with Crippen molar-refractivity contribution in [1.29, 1.82) is 0 Å². The van der Waals surface area contributed by atoms with Crippen LogP contribution in [0.4, 0.5) is 10.1 Å². The molecule has 0 fully saturated rings. The number of amides is 1. The van der Waals surface area contributed by atoms with E-state index in [1.54, 1.807) is 18.2 Å². The maximum atomic E-state index is 13.0. The average Bonchev–Trinajstić information content (AvgIpc) is 3.02. The predicted molar refractivity (Wildman–Crippen MR) is 87.9 cm³/mol. The lowest BCUT2D eigenvalue weighted by atomic mass is 10.1. The van der Waals surface area contributed by atoms with E-state index >= 15 is 0 Å². The number of rotatable bonds is 3. The number of benzene rings is 2. The van der Waals surface area contributed by atoms with Gasteiger partial charge in [-0.2, -0.15) is 5.10 Å². The fourth-order valence-corrected chi connectivity index (χ4v) is 2.27. The number of anilines is 1. The number of nitrogens with zero attached hydrogens (tertiary/aromatic N) is 1. The zero-order valence-electron chi connectivity index (χ0n) is 12.9. The van der Waals surface area contributed by atoms with Crippen LogP contribution in [-0.2, 0) is 0 Å². The maximum Gasteiger partial charge on any atom is 0.273 e. The summed E-state index contributed by atoms with van der Waals surface area (Å²) in [7, 11) is 0. The number of hydrogen-bond donors (Lipinski definition) is 2. The molecule has 0 saturated heterocycles. The first-order chi connectivity index (χ1) is 11.0. The summed E-state index contributed by atoms with van der Waals surface area (Å²) in [5, 5.41) is 9.70. The van der Waals surface area contributed by atoms with Crippen LogP contribution in [0.2, 0.25) is 0 Å². The molecule has 2 aromatic carbocycles. The second-order valence-corrected chi connectivity index (χ2v) is 5.45. The minimum absolute atomic E-state index is 0.264. The molecule has 116 valence electrons. The summed E-state index contributed by atoms with van der Waals surface area (Å²) in [5.74, 6) is -0.572. The molecule has 0 spiro atoms. The van der Waals surface area contributed by atoms with E-state index in [2.05, 4.69) is 15.5 Å². The topological polar surface area (TPSA) is 57.8 Å². The molecule has 4 nitrogen and oxygen atoms in total. The Morgan fingerprint density at radius 3 is 2.57 bits per heavy atom. The Labute approximate surface area is 133 Å². The smallest absolute Gasteiger partial charge is 0.273 e. The van der Waals surface area contributed by atoms with Gasteiger partial charge in [0.1, 0.15) is 11.5 Å². The number of carbonyl (C=O) groups is 1. The van der Waals surface area contributed by atoms with Crippen LogP contribution in [0, 0.1) is 19.7 Å². The van der Waals surface area contributed by atoms with Crippen molar-refractivity contribution in [1.82, 2.24) is 10.2 Å². The highest BCUT2D eigenvalue weighted by Gasteiger charge is 2.12. The van der Waals surface area contributed by atoms with E-state index in [1.807, 2.05) is 32.0 Å². The third kappa shape index (κ3) is 3.29. The van der Waals surface area contributed by atoms with Gasteiger partial charge in [0, 0.05) is 11.3 Å². The SMILES string of the molecule is Cc1ccc(C)c(NC(=O)c2cc(-c3ccc(F)cc3)n[nH]2)c1. The van der Waals surface area contributed by atoms with Crippen molar-refractivity contribution in [2.24, 2.45) is 0 Å². The van der Waals surface area contributed by atoms with E-state index in [9.17, 15) is 9.18 Å². The fourth-order valence-electron chi connectivity index (χ4n) is 2.27. The summed E-state index contributed by atoms with van der Waals surface area (Å²) in [6, 6.07) is 13.5. The number of aromatic amines is 1. The number of hydrogen-bond acceptors (Lipinski definition) is 2. The highest BCUT2D eigenvalue weighted by Crippen LogP contribution is 2.20. The van der Waals surface area contributed by atoms with Gasteiger partial charge in [-0.3, -0.25) is 9.89 Å². The van der Waals surface area contributed by atoms with Gasteiger partial charge in [0.05, 0.1) is 5.69 Å². The summed E-state index contributed by atoms with van der Waals surface area (Å²) in [6.07, 6.45) is 0. The number of aromatic nitrogens is 2. The highest BCUT2D eigenvalue weighted by molar-refractivity contribution is 6.03. The van der Waals surface area contributed by atoms with Crippen molar-refractivity contribution in [3.05, 3.63) is 71.2 Å². The number of nitrogens with one attached hydrogen (secondary N) is 2. The molecule has 0 aliphatic heterocycles. The fraction of sp³-hybridized carbons (Fsp3) is 0.111. The van der Waals surface area contributed by atoms with Gasteiger partial charge in [-0.05, 0) is 61.4 Å². The molecule has 3 aromatic rings. The molecule has 0 bridgehead atoms. The Balaban J connectivity index is 1.81. The molecular formula is C18H16FN3O. The second kappa shape index (κ2) is 6.04. The Kier molecular flexibility index (Phi) is 3.93. The minimum Gasteiger partial charge on any atom is -0.320 e. The Morgan fingerprint density at radius 2 is 1.83 bits per heavy atom. The minimum atomic E-state index is -0.308. The summed E-state index contributed by atoms with van der Waals surface area (Å²) in [6.45, 7) is 3.91. The molecule has 2 N–H and O–H groups in total. The van der Waals surface area contributed by atoms with E-state index in [-0.39, 0.29) is 11.7 Å². The van der Waals surface area contributed by atoms with Gasteiger partial charge in [-0.15, -0.1) is 0 Å². The van der Waals surface area contributed by atoms with Crippen molar-refractivity contribution in [3.8, 4) is 11.3 Å². The lowest BCUT2D eigenvalue weighted by molar-refractivity contribution is 0.102. The molecule has 0 aliphatic rings. The molecule has 1 heterocycles. The van der Waals surface area contributed by atoms with E-state index in [1.165, 1.54) is 12.1 Å². The average molecular weight is 309 g/mol. The van der Waals surface area contributed by atoms with Crippen LogP contribution in [0.15, 0.2) is 48.5 Å². The van der Waals surface area contributed by atoms with Gasteiger partial charge in [0.2, 0.25) is 0 Å². The second-order valence-electron chi connectivity index (χ2n) is 5.45. The molecule has 0 atom stereocenters. The third-order valence-corrected chi connectivity index (χ3v) is 3.60. The van der Waals surface area contributed by atoms with Crippen LogP contribution < -0.4 is 5.32 Å². The molecule has 0 aliphatic carbocycles. The largest absolute Gasteiger partial charge is 0.320 e. The number of halogens is 1. The maximum absolute atomic E-state index is 13.0. The van der Waals surface area contributed by atoms with E-state index < -0.39 is 0 Å². The van der Waals surface area contributed by atoms with Crippen molar-refractivity contribution in [3.63, 3.8) is 0 Å². The van der Waals surface area contributed by atoms with Crippen LogP contribution in [-0.4, -0.2) is 16.1 Å². The van der Waals surface area contributed by atoms with Crippen LogP contribution >= 0.6 is 0 Å². The molecule has 1 aromatic heterocycles. The molecule has 0 radical (unpaired) electrons. The first-order valence-corrected chi connectivity index (χ1v) is 7.23. The van der Waals surface area contributed by atoms with Crippen LogP contribution in [0.5, 0.6) is 0 Å². The number of aryl methyl sites for hydroxylation is 2. The lowest BCUT2D eigenvalue weighted by Crippen LogP contribution is -2.13. The molecule has 5 heteroatoms. The van der Waals surface area contributed by atoms with Gasteiger partial charge >= 0.3 is 0 Å². The third-order valence-electron chi connectivity index (χ3n) is 3.60. The van der Waals surface area contributed by atoms with E-state index in [0.29, 0.717) is 11.4 Å². The molecule has 3 rings (SSSR count). The standard InChI is InChI=1S/C18H16FN3O/c1-11-3-4-12(2)15(9-11)20-18(23)17-10-16(21-22-17)13-5-7-14(19)8-6-13/h3-10H,1-2H3,(H,20,23)(H,21,22). The normalized spacial score (nSPS) is 10.6. The van der Waals surface area contributed by atoms with Crippen molar-refractivity contribution in [2.75, 3.05) is 5.32 Å². The molecule has 1 amide bonds. The summed E-state index contributed by atoms with van der Waals surface area (Å²) in [4.78, 5) is 12.3. The zero-order valence-corrected chi connectivity index (χ0v) is 12.9. The van der Waals surface area contributed by atoms with Gasteiger partial charge in [0.15, 0.2) is 0 Å². The first-order valence-electron chi connectivity index (χ1n) is 7.23. The monoisotopic (exact) mass is 309 g/mol. The van der Waals surface area contributed by atoms with Crippen molar-refractivity contribution in [2.45, 2.75) is 13.8 Å². The van der Waals surface area contributed by atoms with E-state index in [4.69, 9.17) is 0 Å². The van der Waals surface area contributed by atoms with Crippen molar-refractivity contribution >= 4 is 11.6 Å². The quantitative estimate of drug-likeness (QED) is 0.765. The molecule has 23 heavy (non-hydrogen) atoms. The van der Waals surface area contributed by atoms with Crippen LogP contribution in [0.1, 0.15) is 21.6 Å². The summed E-state index contributed by atoms with van der Waals surface area (Å²) >= 11 is 0. The summed E-state index contributed by atoms with van der Waals surface area (Å²) in [5.41, 5.74) is 4.52. The summed E-state index contributed by atoms with van der Waals surface area (Å²) < 4.78 is 13.0. The predicted octanol–water partition coefficient (Wildman–Crippen LogP) is 4.08. The van der Waals surface area contributed by atoms with Gasteiger partial charge in [-0.1, -0.05) is 12.1 Å². The highest BCUT2D eigenvalue weighted by atomic mass is 19.1. The molecule has 0 unspecified atom stereocenters. The van der Waals surface area contributed by atoms with E-state index in [0.717, 1.165) is 22.4 Å². The van der Waals surface area contributed by atoms with Crippen LogP contribution in [0.25, 0.3) is 11.3 Å². The van der Waals surface area contributed by atoms with Gasteiger partial charge in [-0.25, -0.2) is 4.39 Å². The molecular weight excluding hydrogens is 293 g/mol. The number of H-pyrrole nitrogens is 1. The van der Waals surface area contributed by atoms with Crippen LogP contribution in [0.3, 0.4) is 0 Å². The van der Waals surface area contributed by atoms with Crippen molar-refractivity contribution < 1.29 is 9.18 Å². The number of carbonyl (C=O) groups excluding carboxylic acids is 1. The molecule has 0 saturated carbocycles. The van der Waals surface area contributed by atoms with Gasteiger partial charge < -0.3 is 5.32 Å². The Bertz CT molecular complexity index is 853. The Hall–Kier alpha value is -2.95. The Morgan fingerprint density at radius 1 is 1.09 bits per heavy atom. The lowest BCUT2D eigenvalue weighted by Gasteiger charge is -2.08. The first kappa shape index (κ1) is 15.0. The zero-order chi connectivity index (χ0) is 16.4. The van der Waals surface area contributed by atoms with Gasteiger partial charge in [0.25, 0.3) is 5.91 Å².